The summed E-state index contributed by atoms with van der Waals surface area (Å²) in [5.74, 6) is 0. The van der Waals surface area contributed by atoms with Gasteiger partial charge in [0, 0.05) is 0 Å². The summed E-state index contributed by atoms with van der Waals surface area (Å²) < 4.78 is 2.71. The molecule has 54 valence electrons. The van der Waals surface area contributed by atoms with Gasteiger partial charge in [-0.15, -0.1) is 0 Å². The molecule has 0 amide bonds. The Morgan fingerprint density at radius 1 is 1.56 bits per heavy atom. The van der Waals surface area contributed by atoms with Crippen LogP contribution in [0, 0.1) is 0 Å². The van der Waals surface area contributed by atoms with Crippen molar-refractivity contribution in [1.29, 1.82) is 0 Å². The first-order valence-corrected chi connectivity index (χ1v) is 5.79. The molecule has 1 fully saturated rings. The Morgan fingerprint density at radius 3 is 3.00 bits per heavy atom. The first kappa shape index (κ1) is 7.29. The number of rotatable bonds is 3. The monoisotopic (exact) mass is 143 g/mol. The van der Waals surface area contributed by atoms with Crippen LogP contribution in [0.5, 0.6) is 0 Å². The molecule has 0 atom stereocenters. The molecule has 2 heteroatoms. The van der Waals surface area contributed by atoms with Gasteiger partial charge in [0.05, 0.1) is 9.68 Å². The van der Waals surface area contributed by atoms with Gasteiger partial charge in [0.1, 0.15) is 0 Å². The van der Waals surface area contributed by atoms with Crippen molar-refractivity contribution in [3.05, 3.63) is 0 Å². The second kappa shape index (κ2) is 4.07. The first-order chi connectivity index (χ1) is 4.43. The average Bonchev–Trinajstić information content (AvgIpc) is 2.34. The molecule has 1 aliphatic rings. The number of nitrogens with zero attached hydrogens (tertiary/aromatic N) is 1. The minimum Gasteiger partial charge on any atom is -0.329 e. The van der Waals surface area contributed by atoms with Gasteiger partial charge >= 0.3 is 0 Å². The lowest BCUT2D eigenvalue weighted by molar-refractivity contribution is 0.460. The lowest BCUT2D eigenvalue weighted by atomic mass is 10.3. The zero-order chi connectivity index (χ0) is 6.53. The van der Waals surface area contributed by atoms with E-state index >= 15 is 0 Å². The first-order valence-electron chi connectivity index (χ1n) is 4.16. The summed E-state index contributed by atoms with van der Waals surface area (Å²) in [6.45, 7) is 5.10. The van der Waals surface area contributed by atoms with Crippen LogP contribution in [-0.4, -0.2) is 27.3 Å². The van der Waals surface area contributed by atoms with Gasteiger partial charge in [-0.1, -0.05) is 13.3 Å². The maximum Gasteiger partial charge on any atom is 0.0950 e. The molecule has 1 aliphatic heterocycles. The Hall–Kier alpha value is 0.177. The molecule has 0 aromatic carbocycles. The van der Waals surface area contributed by atoms with E-state index in [1.165, 1.54) is 32.4 Å². The van der Waals surface area contributed by atoms with Crippen molar-refractivity contribution >= 4 is 9.68 Å². The van der Waals surface area contributed by atoms with Gasteiger partial charge in [-0.05, 0) is 32.0 Å². The lowest BCUT2D eigenvalue weighted by Crippen LogP contribution is -2.22. The van der Waals surface area contributed by atoms with Crippen molar-refractivity contribution in [1.82, 2.24) is 4.57 Å². The summed E-state index contributed by atoms with van der Waals surface area (Å²) in [6, 6.07) is 1.57. The highest BCUT2D eigenvalue weighted by Crippen LogP contribution is 2.06. The van der Waals surface area contributed by atoms with Crippen molar-refractivity contribution in [3.63, 3.8) is 0 Å². The molecule has 0 radical (unpaired) electrons. The fourth-order valence-corrected chi connectivity index (χ4v) is 3.18. The van der Waals surface area contributed by atoms with E-state index in [4.69, 9.17) is 0 Å². The van der Waals surface area contributed by atoms with Crippen LogP contribution in [-0.2, 0) is 0 Å². The van der Waals surface area contributed by atoms with E-state index in [9.17, 15) is 0 Å². The van der Waals surface area contributed by atoms with Crippen LogP contribution in [0.1, 0.15) is 26.2 Å². The van der Waals surface area contributed by atoms with Gasteiger partial charge in [-0.2, -0.15) is 0 Å². The Bertz CT molecular complexity index is 69.3. The summed E-state index contributed by atoms with van der Waals surface area (Å²) >= 11 is 0. The molecule has 0 aromatic rings. The van der Waals surface area contributed by atoms with Gasteiger partial charge in [-0.25, -0.2) is 0 Å². The normalized spacial score (nSPS) is 23.7. The predicted molar refractivity (Wildman–Crippen MR) is 44.4 cm³/mol. The van der Waals surface area contributed by atoms with Gasteiger partial charge in [0.2, 0.25) is 0 Å². The van der Waals surface area contributed by atoms with Crippen molar-refractivity contribution in [2.24, 2.45) is 0 Å². The molecule has 0 N–H and O–H groups in total. The summed E-state index contributed by atoms with van der Waals surface area (Å²) in [7, 11) is 0.270. The Morgan fingerprint density at radius 2 is 2.44 bits per heavy atom. The van der Waals surface area contributed by atoms with Crippen LogP contribution in [0.2, 0.25) is 6.04 Å². The summed E-state index contributed by atoms with van der Waals surface area (Å²) in [4.78, 5) is 0. The molecule has 0 unspecified atom stereocenters. The molecular formula is C7H17NSi. The van der Waals surface area contributed by atoms with E-state index in [0.29, 0.717) is 0 Å². The summed E-state index contributed by atoms with van der Waals surface area (Å²) in [5, 5.41) is 0. The molecule has 0 bridgehead atoms. The largest absolute Gasteiger partial charge is 0.329 e. The molecule has 1 saturated heterocycles. The van der Waals surface area contributed by atoms with Crippen LogP contribution in [0.25, 0.3) is 0 Å². The lowest BCUT2D eigenvalue weighted by Gasteiger charge is -2.12. The topological polar surface area (TPSA) is 3.24 Å². The molecule has 1 heterocycles. The highest BCUT2D eigenvalue weighted by molar-refractivity contribution is 6.32. The van der Waals surface area contributed by atoms with Crippen LogP contribution in [0.4, 0.5) is 0 Å². The quantitative estimate of drug-likeness (QED) is 0.533. The second-order valence-electron chi connectivity index (χ2n) is 2.90. The van der Waals surface area contributed by atoms with Crippen LogP contribution in [0.15, 0.2) is 0 Å². The van der Waals surface area contributed by atoms with Gasteiger partial charge < -0.3 is 4.57 Å². The van der Waals surface area contributed by atoms with Gasteiger partial charge in [-0.3, -0.25) is 0 Å². The van der Waals surface area contributed by atoms with E-state index in [-0.39, 0.29) is 9.68 Å². The van der Waals surface area contributed by atoms with Gasteiger partial charge in [0.15, 0.2) is 0 Å². The molecular weight excluding hydrogens is 126 g/mol. The highest BCUT2D eigenvalue weighted by atomic mass is 28.2. The summed E-state index contributed by atoms with van der Waals surface area (Å²) in [5.41, 5.74) is 0. The second-order valence-corrected chi connectivity index (χ2v) is 4.95. The van der Waals surface area contributed by atoms with Crippen molar-refractivity contribution < 1.29 is 0 Å². The fraction of sp³-hybridized carbons (Fsp3) is 1.00. The van der Waals surface area contributed by atoms with E-state index in [2.05, 4.69) is 11.5 Å². The predicted octanol–water partition coefficient (Wildman–Crippen LogP) is 0.994. The molecule has 1 nitrogen and oxygen atoms in total. The maximum atomic E-state index is 2.71. The van der Waals surface area contributed by atoms with E-state index in [1.54, 1.807) is 6.04 Å². The molecule has 0 aromatic heterocycles. The minimum absolute atomic E-state index is 0.270. The minimum atomic E-state index is 0.270. The number of hydrogen-bond acceptors (Lipinski definition) is 1. The Balaban J connectivity index is 1.98. The Kier molecular flexibility index (Phi) is 3.29. The fourth-order valence-electron chi connectivity index (χ4n) is 1.39. The zero-order valence-electron chi connectivity index (χ0n) is 6.40. The molecule has 1 rings (SSSR count). The third-order valence-corrected chi connectivity index (χ3v) is 4.11. The summed E-state index contributed by atoms with van der Waals surface area (Å²) in [6.07, 6.45) is 4.29. The Labute approximate surface area is 60.3 Å². The smallest absolute Gasteiger partial charge is 0.0950 e. The van der Waals surface area contributed by atoms with Gasteiger partial charge in [0.25, 0.3) is 0 Å². The van der Waals surface area contributed by atoms with Crippen molar-refractivity contribution in [2.45, 2.75) is 32.2 Å². The third-order valence-electron chi connectivity index (χ3n) is 2.03. The van der Waals surface area contributed by atoms with Crippen molar-refractivity contribution in [3.8, 4) is 0 Å². The van der Waals surface area contributed by atoms with E-state index in [1.807, 2.05) is 0 Å². The third kappa shape index (κ3) is 2.50. The van der Waals surface area contributed by atoms with Crippen LogP contribution in [0.3, 0.4) is 0 Å². The number of unbranched alkanes of at least 4 members (excludes halogenated alkanes) is 1. The molecule has 0 saturated carbocycles. The highest BCUT2D eigenvalue weighted by Gasteiger charge is 2.09. The SMILES string of the molecule is CCCCN1CCC[SiH2]1. The van der Waals surface area contributed by atoms with Crippen molar-refractivity contribution in [2.75, 3.05) is 13.1 Å². The van der Waals surface area contributed by atoms with Crippen LogP contribution >= 0.6 is 0 Å². The molecule has 9 heavy (non-hydrogen) atoms. The average molecular weight is 143 g/mol. The standard InChI is InChI=1S/C7H17NSi/c1-2-3-5-8-6-4-7-9-8/h2-7,9H2,1H3. The maximum absolute atomic E-state index is 2.71. The van der Waals surface area contributed by atoms with Crippen LogP contribution < -0.4 is 0 Å². The molecule has 0 spiro atoms. The van der Waals surface area contributed by atoms with E-state index < -0.39 is 0 Å². The van der Waals surface area contributed by atoms with E-state index in [0.717, 1.165) is 0 Å². The number of hydrogen-bond donors (Lipinski definition) is 0. The molecule has 0 aliphatic carbocycles. The zero-order valence-corrected chi connectivity index (χ0v) is 7.81.